The minimum Gasteiger partial charge on any atom is -0.266 e. The van der Waals surface area contributed by atoms with Crippen molar-refractivity contribution in [3.05, 3.63) is 55.9 Å². The second kappa shape index (κ2) is 7.58. The Bertz CT molecular complexity index is 1030. The molecule has 6 nitrogen and oxygen atoms in total. The fourth-order valence-electron chi connectivity index (χ4n) is 1.93. The summed E-state index contributed by atoms with van der Waals surface area (Å²) in [5.41, 5.74) is 0.601. The normalized spacial score (nSPS) is 11.3. The van der Waals surface area contributed by atoms with Crippen molar-refractivity contribution in [3.8, 4) is 11.8 Å². The number of sulfonamides is 1. The topological polar surface area (TPSA) is 72.3 Å². The van der Waals surface area contributed by atoms with Crippen LogP contribution in [0.15, 0.2) is 34.1 Å². The van der Waals surface area contributed by atoms with Crippen molar-refractivity contribution in [2.45, 2.75) is 18.4 Å². The number of hydrogen-bond acceptors (Lipinski definition) is 4. The van der Waals surface area contributed by atoms with E-state index in [1.807, 2.05) is 0 Å². The highest BCUT2D eigenvalue weighted by Gasteiger charge is 2.19. The van der Waals surface area contributed by atoms with Gasteiger partial charge in [0.05, 0.1) is 16.1 Å². The van der Waals surface area contributed by atoms with Gasteiger partial charge in [-0.05, 0) is 24.6 Å². The van der Waals surface area contributed by atoms with E-state index in [1.165, 1.54) is 26.4 Å². The van der Waals surface area contributed by atoms with Crippen LogP contribution in [0.2, 0.25) is 10.0 Å². The summed E-state index contributed by atoms with van der Waals surface area (Å²) in [6.07, 6.45) is 1.26. The molecule has 132 valence electrons. The average molecular weight is 400 g/mol. The van der Waals surface area contributed by atoms with E-state index in [2.05, 4.69) is 16.9 Å². The van der Waals surface area contributed by atoms with Crippen LogP contribution in [0.4, 0.5) is 0 Å². The predicted octanol–water partition coefficient (Wildman–Crippen LogP) is 2.16. The molecule has 0 saturated heterocycles. The Kier molecular flexibility index (Phi) is 5.91. The molecule has 0 aliphatic rings. The van der Waals surface area contributed by atoms with E-state index in [9.17, 15) is 13.2 Å². The maximum atomic E-state index is 12.3. The quantitative estimate of drug-likeness (QED) is 0.741. The number of halogens is 2. The highest BCUT2D eigenvalue weighted by Crippen LogP contribution is 2.19. The van der Waals surface area contributed by atoms with Crippen molar-refractivity contribution in [2.75, 3.05) is 14.1 Å². The highest BCUT2D eigenvalue weighted by molar-refractivity contribution is 7.89. The standard InChI is InChI=1S/C16H15Cl2N3O3S/c1-11-6-7-12(9-14(11)25(23,24)20(2)3)5-4-8-21-16(22)15(18)13(17)10-19-21/h6-7,9-10H,8H2,1-3H3. The van der Waals surface area contributed by atoms with Gasteiger partial charge in [-0.1, -0.05) is 41.1 Å². The van der Waals surface area contributed by atoms with Crippen molar-refractivity contribution < 1.29 is 8.42 Å². The smallest absolute Gasteiger partial charge is 0.266 e. The van der Waals surface area contributed by atoms with Crippen molar-refractivity contribution in [3.63, 3.8) is 0 Å². The van der Waals surface area contributed by atoms with Crippen LogP contribution < -0.4 is 5.56 Å². The third-order valence-electron chi connectivity index (χ3n) is 3.35. The van der Waals surface area contributed by atoms with Crippen LogP contribution >= 0.6 is 23.2 Å². The van der Waals surface area contributed by atoms with Gasteiger partial charge < -0.3 is 0 Å². The molecule has 0 atom stereocenters. The van der Waals surface area contributed by atoms with E-state index < -0.39 is 15.6 Å². The first kappa shape index (κ1) is 19.5. The van der Waals surface area contributed by atoms with Gasteiger partial charge in [0.25, 0.3) is 5.56 Å². The molecule has 0 fully saturated rings. The van der Waals surface area contributed by atoms with Gasteiger partial charge in [0.15, 0.2) is 0 Å². The second-order valence-electron chi connectivity index (χ2n) is 5.34. The zero-order valence-electron chi connectivity index (χ0n) is 13.7. The van der Waals surface area contributed by atoms with Gasteiger partial charge in [-0.3, -0.25) is 4.79 Å². The third kappa shape index (κ3) is 4.22. The largest absolute Gasteiger partial charge is 0.287 e. The molecule has 9 heteroatoms. The summed E-state index contributed by atoms with van der Waals surface area (Å²) < 4.78 is 26.8. The van der Waals surface area contributed by atoms with Crippen LogP contribution in [0.3, 0.4) is 0 Å². The molecule has 0 unspecified atom stereocenters. The minimum atomic E-state index is -3.56. The minimum absolute atomic E-state index is 0.000632. The predicted molar refractivity (Wildman–Crippen MR) is 97.4 cm³/mol. The summed E-state index contributed by atoms with van der Waals surface area (Å²) in [6, 6.07) is 4.90. The molecule has 2 rings (SSSR count). The summed E-state index contributed by atoms with van der Waals surface area (Å²) >= 11 is 11.5. The zero-order chi connectivity index (χ0) is 18.8. The Morgan fingerprint density at radius 3 is 2.60 bits per heavy atom. The Balaban J connectivity index is 2.34. The molecule has 0 radical (unpaired) electrons. The lowest BCUT2D eigenvalue weighted by Gasteiger charge is -2.13. The van der Waals surface area contributed by atoms with E-state index in [0.29, 0.717) is 11.1 Å². The number of hydrogen-bond donors (Lipinski definition) is 0. The Hall–Kier alpha value is -1.85. The molecule has 0 bridgehead atoms. The first-order valence-electron chi connectivity index (χ1n) is 7.07. The lowest BCUT2D eigenvalue weighted by atomic mass is 10.1. The summed E-state index contributed by atoms with van der Waals surface area (Å²) in [7, 11) is -0.623. The van der Waals surface area contributed by atoms with Gasteiger partial charge >= 0.3 is 0 Å². The fraction of sp³-hybridized carbons (Fsp3) is 0.250. The SMILES string of the molecule is Cc1ccc(C#CCn2ncc(Cl)c(Cl)c2=O)cc1S(=O)(=O)N(C)C. The van der Waals surface area contributed by atoms with Crippen LogP contribution in [0.1, 0.15) is 11.1 Å². The lowest BCUT2D eigenvalue weighted by molar-refractivity contribution is 0.520. The summed E-state index contributed by atoms with van der Waals surface area (Å²) in [5, 5.41) is 3.81. The molecule has 1 aromatic carbocycles. The van der Waals surface area contributed by atoms with Gasteiger partial charge in [-0.25, -0.2) is 17.4 Å². The van der Waals surface area contributed by atoms with E-state index in [-0.39, 0.29) is 21.5 Å². The van der Waals surface area contributed by atoms with Crippen LogP contribution in [0.25, 0.3) is 0 Å². The number of aromatic nitrogens is 2. The monoisotopic (exact) mass is 399 g/mol. The van der Waals surface area contributed by atoms with E-state index in [4.69, 9.17) is 23.2 Å². The van der Waals surface area contributed by atoms with E-state index in [0.717, 1.165) is 8.99 Å². The molecule has 0 N–H and O–H groups in total. The first-order chi connectivity index (χ1) is 11.6. The van der Waals surface area contributed by atoms with Gasteiger partial charge in [0, 0.05) is 19.7 Å². The Labute approximate surface area is 156 Å². The maximum Gasteiger partial charge on any atom is 0.287 e. The summed E-state index contributed by atoms with van der Waals surface area (Å²) in [5.74, 6) is 5.60. The average Bonchev–Trinajstić information content (AvgIpc) is 2.56. The lowest BCUT2D eigenvalue weighted by Crippen LogP contribution is -2.23. The van der Waals surface area contributed by atoms with Crippen molar-refractivity contribution >= 4 is 33.2 Å². The maximum absolute atomic E-state index is 12.3. The second-order valence-corrected chi connectivity index (χ2v) is 8.24. The number of rotatable bonds is 3. The van der Waals surface area contributed by atoms with Crippen LogP contribution in [-0.4, -0.2) is 36.6 Å². The van der Waals surface area contributed by atoms with Crippen LogP contribution in [0.5, 0.6) is 0 Å². The molecular weight excluding hydrogens is 385 g/mol. The Morgan fingerprint density at radius 1 is 1.28 bits per heavy atom. The third-order valence-corrected chi connectivity index (χ3v) is 6.06. The summed E-state index contributed by atoms with van der Waals surface area (Å²) in [4.78, 5) is 12.1. The number of aryl methyl sites for hydroxylation is 1. The van der Waals surface area contributed by atoms with Gasteiger partial charge in [0.2, 0.25) is 10.0 Å². The molecular formula is C16H15Cl2N3O3S. The molecule has 0 aliphatic heterocycles. The van der Waals surface area contributed by atoms with Crippen molar-refractivity contribution in [1.82, 2.24) is 14.1 Å². The van der Waals surface area contributed by atoms with Gasteiger partial charge in [-0.15, -0.1) is 0 Å². The molecule has 2 aromatic rings. The molecule has 0 saturated carbocycles. The molecule has 1 aromatic heterocycles. The van der Waals surface area contributed by atoms with Crippen LogP contribution in [0, 0.1) is 18.8 Å². The number of nitrogens with zero attached hydrogens (tertiary/aromatic N) is 3. The van der Waals surface area contributed by atoms with E-state index >= 15 is 0 Å². The van der Waals surface area contributed by atoms with Crippen molar-refractivity contribution in [2.24, 2.45) is 0 Å². The molecule has 1 heterocycles. The van der Waals surface area contributed by atoms with Crippen molar-refractivity contribution in [1.29, 1.82) is 0 Å². The fourth-order valence-corrected chi connectivity index (χ4v) is 3.34. The Morgan fingerprint density at radius 2 is 1.96 bits per heavy atom. The number of benzene rings is 1. The first-order valence-corrected chi connectivity index (χ1v) is 9.27. The summed E-state index contributed by atoms with van der Waals surface area (Å²) in [6.45, 7) is 1.71. The van der Waals surface area contributed by atoms with E-state index in [1.54, 1.807) is 19.1 Å². The van der Waals surface area contributed by atoms with Gasteiger partial charge in [-0.2, -0.15) is 5.10 Å². The van der Waals surface area contributed by atoms with Crippen LogP contribution in [-0.2, 0) is 16.6 Å². The zero-order valence-corrected chi connectivity index (χ0v) is 16.1. The van der Waals surface area contributed by atoms with Gasteiger partial charge in [0.1, 0.15) is 11.6 Å². The molecule has 25 heavy (non-hydrogen) atoms. The molecule has 0 amide bonds. The highest BCUT2D eigenvalue weighted by atomic mass is 35.5. The molecule has 0 spiro atoms. The molecule has 0 aliphatic carbocycles.